The molecule has 0 aliphatic carbocycles. The molecule has 1 aliphatic rings. The van der Waals surface area contributed by atoms with Crippen LogP contribution in [0.15, 0.2) is 42.7 Å². The lowest BCUT2D eigenvalue weighted by molar-refractivity contribution is -0.0593. The van der Waals surface area contributed by atoms with Crippen molar-refractivity contribution >= 4 is 5.91 Å². The SMILES string of the molecule is Cn1nnc(-c2ccccn2)c1COc1ccc(C(=O)NC2(C)COC2)cn1. The summed E-state index contributed by atoms with van der Waals surface area (Å²) in [5, 5.41) is 11.2. The molecule has 1 aliphatic heterocycles. The average molecular weight is 380 g/mol. The van der Waals surface area contributed by atoms with Gasteiger partial charge in [-0.15, -0.1) is 5.10 Å². The largest absolute Gasteiger partial charge is 0.471 e. The highest BCUT2D eigenvalue weighted by Gasteiger charge is 2.35. The molecule has 1 amide bonds. The summed E-state index contributed by atoms with van der Waals surface area (Å²) in [5.74, 6) is 0.223. The number of carbonyl (C=O) groups excluding carboxylic acids is 1. The highest BCUT2D eigenvalue weighted by Crippen LogP contribution is 2.20. The number of aromatic nitrogens is 5. The van der Waals surface area contributed by atoms with Crippen molar-refractivity contribution in [3.8, 4) is 17.3 Å². The van der Waals surface area contributed by atoms with Crippen LogP contribution in [-0.2, 0) is 18.4 Å². The smallest absolute Gasteiger partial charge is 0.253 e. The summed E-state index contributed by atoms with van der Waals surface area (Å²) in [4.78, 5) is 20.8. The molecule has 4 heterocycles. The van der Waals surface area contributed by atoms with Crippen molar-refractivity contribution in [1.29, 1.82) is 0 Å². The zero-order valence-corrected chi connectivity index (χ0v) is 15.6. The van der Waals surface area contributed by atoms with E-state index < -0.39 is 0 Å². The van der Waals surface area contributed by atoms with Gasteiger partial charge in [-0.25, -0.2) is 9.67 Å². The average Bonchev–Trinajstić information content (AvgIpc) is 3.06. The Balaban J connectivity index is 1.42. The van der Waals surface area contributed by atoms with Crippen LogP contribution in [0.4, 0.5) is 0 Å². The summed E-state index contributed by atoms with van der Waals surface area (Å²) in [6, 6.07) is 8.95. The summed E-state index contributed by atoms with van der Waals surface area (Å²) in [7, 11) is 1.80. The Kier molecular flexibility index (Phi) is 4.74. The third-order valence-electron chi connectivity index (χ3n) is 4.46. The number of pyridine rings is 2. The quantitative estimate of drug-likeness (QED) is 0.689. The molecule has 0 radical (unpaired) electrons. The zero-order valence-electron chi connectivity index (χ0n) is 15.6. The van der Waals surface area contributed by atoms with E-state index in [9.17, 15) is 4.79 Å². The van der Waals surface area contributed by atoms with Crippen LogP contribution in [0, 0.1) is 0 Å². The van der Waals surface area contributed by atoms with Crippen LogP contribution in [-0.4, -0.2) is 49.6 Å². The van der Waals surface area contributed by atoms with Gasteiger partial charge in [-0.05, 0) is 25.1 Å². The summed E-state index contributed by atoms with van der Waals surface area (Å²) in [6.45, 7) is 3.21. The second-order valence-electron chi connectivity index (χ2n) is 6.90. The number of amides is 1. The van der Waals surface area contributed by atoms with Crippen LogP contribution in [0.25, 0.3) is 11.4 Å². The maximum absolute atomic E-state index is 12.3. The van der Waals surface area contributed by atoms with Gasteiger partial charge in [0.2, 0.25) is 5.88 Å². The Morgan fingerprint density at radius 1 is 1.29 bits per heavy atom. The standard InChI is InChI=1S/C19H20N6O3/c1-19(11-27-12-19)22-18(26)13-6-7-16(21-9-13)28-10-15-17(23-24-25(15)2)14-5-3-4-8-20-14/h3-9H,10-12H2,1-2H3,(H,22,26). The minimum Gasteiger partial charge on any atom is -0.471 e. The van der Waals surface area contributed by atoms with Crippen molar-refractivity contribution in [3.05, 3.63) is 54.0 Å². The van der Waals surface area contributed by atoms with Crippen LogP contribution in [0.5, 0.6) is 5.88 Å². The number of rotatable bonds is 6. The lowest BCUT2D eigenvalue weighted by Gasteiger charge is -2.38. The van der Waals surface area contributed by atoms with E-state index in [-0.39, 0.29) is 18.1 Å². The topological polar surface area (TPSA) is 104 Å². The molecule has 1 N–H and O–H groups in total. The van der Waals surface area contributed by atoms with Crippen molar-refractivity contribution < 1.29 is 14.3 Å². The first kappa shape index (κ1) is 18.1. The Hall–Kier alpha value is -3.33. The molecule has 0 bridgehead atoms. The predicted octanol–water partition coefficient (Wildman–Crippen LogP) is 1.37. The molecule has 144 valence electrons. The molecule has 1 fully saturated rings. The van der Waals surface area contributed by atoms with Gasteiger partial charge in [0.25, 0.3) is 5.91 Å². The van der Waals surface area contributed by atoms with Crippen molar-refractivity contribution in [1.82, 2.24) is 30.3 Å². The summed E-state index contributed by atoms with van der Waals surface area (Å²) >= 11 is 0. The number of hydrogen-bond acceptors (Lipinski definition) is 7. The molecule has 4 rings (SSSR count). The van der Waals surface area contributed by atoms with Crippen LogP contribution in [0.1, 0.15) is 23.0 Å². The van der Waals surface area contributed by atoms with E-state index in [2.05, 4.69) is 25.6 Å². The fourth-order valence-corrected chi connectivity index (χ4v) is 2.81. The fourth-order valence-electron chi connectivity index (χ4n) is 2.81. The first-order valence-corrected chi connectivity index (χ1v) is 8.83. The van der Waals surface area contributed by atoms with E-state index in [1.54, 1.807) is 30.1 Å². The van der Waals surface area contributed by atoms with Gasteiger partial charge < -0.3 is 14.8 Å². The minimum absolute atomic E-state index is 0.182. The molecule has 0 saturated carbocycles. The molecule has 0 unspecified atom stereocenters. The lowest BCUT2D eigenvalue weighted by atomic mass is 10.0. The summed E-state index contributed by atoms with van der Waals surface area (Å²) in [5.41, 5.74) is 2.33. The van der Waals surface area contributed by atoms with Gasteiger partial charge in [0.15, 0.2) is 0 Å². The number of hydrogen-bond donors (Lipinski definition) is 1. The predicted molar refractivity (Wildman–Crippen MR) is 99.5 cm³/mol. The molecule has 0 spiro atoms. The molecule has 0 aromatic carbocycles. The maximum Gasteiger partial charge on any atom is 0.253 e. The Morgan fingerprint density at radius 3 is 2.79 bits per heavy atom. The van der Waals surface area contributed by atoms with E-state index in [4.69, 9.17) is 9.47 Å². The number of ether oxygens (including phenoxy) is 2. The lowest BCUT2D eigenvalue weighted by Crippen LogP contribution is -2.59. The number of nitrogens with one attached hydrogen (secondary N) is 1. The molecule has 28 heavy (non-hydrogen) atoms. The Morgan fingerprint density at radius 2 is 2.14 bits per heavy atom. The van der Waals surface area contributed by atoms with Gasteiger partial charge in [0.05, 0.1) is 30.0 Å². The number of nitrogens with zero attached hydrogens (tertiary/aromatic N) is 5. The van der Waals surface area contributed by atoms with Gasteiger partial charge in [-0.3, -0.25) is 9.78 Å². The van der Waals surface area contributed by atoms with Gasteiger partial charge in [-0.1, -0.05) is 11.3 Å². The van der Waals surface area contributed by atoms with Crippen LogP contribution >= 0.6 is 0 Å². The van der Waals surface area contributed by atoms with Crippen molar-refractivity contribution in [2.45, 2.75) is 19.1 Å². The first-order chi connectivity index (χ1) is 13.5. The monoisotopic (exact) mass is 380 g/mol. The first-order valence-electron chi connectivity index (χ1n) is 8.83. The molecule has 1 saturated heterocycles. The highest BCUT2D eigenvalue weighted by atomic mass is 16.5. The highest BCUT2D eigenvalue weighted by molar-refractivity contribution is 5.94. The van der Waals surface area contributed by atoms with Crippen molar-refractivity contribution in [2.75, 3.05) is 13.2 Å². The van der Waals surface area contributed by atoms with Gasteiger partial charge in [-0.2, -0.15) is 0 Å². The van der Waals surface area contributed by atoms with Crippen LogP contribution in [0.2, 0.25) is 0 Å². The molecule has 9 nitrogen and oxygen atoms in total. The van der Waals surface area contributed by atoms with Gasteiger partial charge >= 0.3 is 0 Å². The van der Waals surface area contributed by atoms with Crippen LogP contribution < -0.4 is 10.1 Å². The second kappa shape index (κ2) is 7.35. The van der Waals surface area contributed by atoms with Crippen molar-refractivity contribution in [3.63, 3.8) is 0 Å². The molecule has 3 aromatic heterocycles. The van der Waals surface area contributed by atoms with Crippen LogP contribution in [0.3, 0.4) is 0 Å². The van der Waals surface area contributed by atoms with E-state index in [1.807, 2.05) is 25.1 Å². The maximum atomic E-state index is 12.3. The van der Waals surface area contributed by atoms with Gasteiger partial charge in [0, 0.05) is 25.5 Å². The normalized spacial score (nSPS) is 14.9. The molecule has 0 atom stereocenters. The van der Waals surface area contributed by atoms with E-state index in [1.165, 1.54) is 6.20 Å². The molecular formula is C19H20N6O3. The van der Waals surface area contributed by atoms with E-state index >= 15 is 0 Å². The second-order valence-corrected chi connectivity index (χ2v) is 6.90. The minimum atomic E-state index is -0.305. The fraction of sp³-hybridized carbons (Fsp3) is 0.316. The van der Waals surface area contributed by atoms with Crippen molar-refractivity contribution in [2.24, 2.45) is 7.05 Å². The van der Waals surface area contributed by atoms with Gasteiger partial charge in [0.1, 0.15) is 18.0 Å². The molecule has 3 aromatic rings. The Labute approximate surface area is 161 Å². The van der Waals surface area contributed by atoms with E-state index in [0.717, 1.165) is 11.4 Å². The molecular weight excluding hydrogens is 360 g/mol. The third kappa shape index (κ3) is 3.70. The number of carbonyl (C=O) groups is 1. The molecule has 9 heteroatoms. The Bertz CT molecular complexity index is 967. The zero-order chi connectivity index (χ0) is 19.6. The third-order valence-corrected chi connectivity index (χ3v) is 4.46. The number of aryl methyl sites for hydroxylation is 1. The summed E-state index contributed by atoms with van der Waals surface area (Å²) < 4.78 is 12.6. The summed E-state index contributed by atoms with van der Waals surface area (Å²) in [6.07, 6.45) is 3.20. The van der Waals surface area contributed by atoms with E-state index in [0.29, 0.717) is 30.4 Å².